The van der Waals surface area contributed by atoms with Gasteiger partial charge in [0.25, 0.3) is 0 Å². The summed E-state index contributed by atoms with van der Waals surface area (Å²) in [5, 5.41) is 10.9. The molecule has 0 saturated heterocycles. The van der Waals surface area contributed by atoms with Crippen LogP contribution >= 0.6 is 23.2 Å². The lowest BCUT2D eigenvalue weighted by Crippen LogP contribution is -2.39. The van der Waals surface area contributed by atoms with Crippen LogP contribution in [0.5, 0.6) is 0 Å². The zero-order valence-corrected chi connectivity index (χ0v) is 15.9. The van der Waals surface area contributed by atoms with E-state index in [1.807, 2.05) is 0 Å². The molecule has 1 aromatic heterocycles. The highest BCUT2D eigenvalue weighted by molar-refractivity contribution is 6.42. The van der Waals surface area contributed by atoms with Gasteiger partial charge in [0.2, 0.25) is 5.91 Å². The topological polar surface area (TPSA) is 54.9 Å². The van der Waals surface area contributed by atoms with Gasteiger partial charge in [0.1, 0.15) is 5.82 Å². The van der Waals surface area contributed by atoms with Crippen LogP contribution in [0.15, 0.2) is 30.6 Å². The summed E-state index contributed by atoms with van der Waals surface area (Å²) < 4.78 is 14.7. The van der Waals surface area contributed by atoms with E-state index in [0.29, 0.717) is 0 Å². The zero-order chi connectivity index (χ0) is 18.7. The Balaban J connectivity index is 1.92. The lowest BCUT2D eigenvalue weighted by atomic mass is 9.77. The molecule has 1 aliphatic rings. The van der Waals surface area contributed by atoms with Gasteiger partial charge in [0, 0.05) is 11.8 Å². The first-order chi connectivity index (χ1) is 12.4. The minimum atomic E-state index is -0.543. The van der Waals surface area contributed by atoms with E-state index in [1.165, 1.54) is 18.3 Å². The molecule has 0 radical (unpaired) electrons. The van der Waals surface area contributed by atoms with Crippen LogP contribution in [0, 0.1) is 11.2 Å². The van der Waals surface area contributed by atoms with Crippen LogP contribution < -0.4 is 5.32 Å². The molecule has 0 bridgehead atoms. The molecule has 138 valence electrons. The predicted octanol–water partition coefficient (Wildman–Crippen LogP) is 4.90. The highest BCUT2D eigenvalue weighted by Gasteiger charge is 2.41. The molecule has 1 N–H and O–H groups in total. The fraction of sp³-hybridized carbons (Fsp3) is 0.421. The first-order valence-electron chi connectivity index (χ1n) is 8.59. The third-order valence-electron chi connectivity index (χ3n) is 5.13. The highest BCUT2D eigenvalue weighted by Crippen LogP contribution is 2.49. The van der Waals surface area contributed by atoms with Crippen LogP contribution in [-0.2, 0) is 11.2 Å². The molecule has 1 fully saturated rings. The summed E-state index contributed by atoms with van der Waals surface area (Å²) in [6.45, 7) is 2.07. The first kappa shape index (κ1) is 19.1. The largest absolute Gasteiger partial charge is 0.348 e. The number of aromatic nitrogens is 2. The van der Waals surface area contributed by atoms with E-state index in [1.54, 1.807) is 12.3 Å². The molecule has 26 heavy (non-hydrogen) atoms. The number of hydrogen-bond donors (Lipinski definition) is 1. The van der Waals surface area contributed by atoms with Gasteiger partial charge in [-0.05, 0) is 42.0 Å². The maximum atomic E-state index is 14.7. The smallest absolute Gasteiger partial charge is 0.224 e. The van der Waals surface area contributed by atoms with Gasteiger partial charge in [0.15, 0.2) is 0 Å². The number of carbonyl (C=O) groups is 1. The van der Waals surface area contributed by atoms with Crippen molar-refractivity contribution in [3.05, 3.63) is 57.6 Å². The third kappa shape index (κ3) is 3.99. The molecule has 3 rings (SSSR count). The summed E-state index contributed by atoms with van der Waals surface area (Å²) in [6, 6.07) is 3.92. The Bertz CT molecular complexity index is 795. The van der Waals surface area contributed by atoms with E-state index in [-0.39, 0.29) is 33.4 Å². The van der Waals surface area contributed by atoms with Gasteiger partial charge in [-0.1, -0.05) is 43.0 Å². The van der Waals surface area contributed by atoms with Crippen LogP contribution in [0.25, 0.3) is 0 Å². The third-order valence-corrected chi connectivity index (χ3v) is 5.95. The van der Waals surface area contributed by atoms with Gasteiger partial charge in [-0.3, -0.25) is 4.79 Å². The number of amides is 1. The summed E-state index contributed by atoms with van der Waals surface area (Å²) >= 11 is 12.5. The van der Waals surface area contributed by atoms with Gasteiger partial charge >= 0.3 is 0 Å². The number of hydrogen-bond acceptors (Lipinski definition) is 3. The Morgan fingerprint density at radius 3 is 2.65 bits per heavy atom. The Morgan fingerprint density at radius 1 is 1.27 bits per heavy atom. The van der Waals surface area contributed by atoms with Crippen LogP contribution in [0.4, 0.5) is 4.39 Å². The van der Waals surface area contributed by atoms with Gasteiger partial charge < -0.3 is 5.32 Å². The van der Waals surface area contributed by atoms with E-state index in [0.717, 1.165) is 31.2 Å². The molecule has 0 unspecified atom stereocenters. The monoisotopic (exact) mass is 395 g/mol. The number of nitrogens with one attached hydrogen (secondary N) is 1. The fourth-order valence-corrected chi connectivity index (χ4v) is 4.12. The molecule has 1 atom stereocenters. The first-order valence-corrected chi connectivity index (χ1v) is 9.35. The molecular formula is C19H20Cl2FN3O. The van der Waals surface area contributed by atoms with Crippen LogP contribution in [0.3, 0.4) is 0 Å². The van der Waals surface area contributed by atoms with Crippen molar-refractivity contribution in [2.45, 2.75) is 45.1 Å². The van der Waals surface area contributed by atoms with E-state index < -0.39 is 11.9 Å². The number of nitrogens with zero attached hydrogens (tertiary/aromatic N) is 2. The van der Waals surface area contributed by atoms with Crippen molar-refractivity contribution in [1.82, 2.24) is 15.5 Å². The lowest BCUT2D eigenvalue weighted by molar-refractivity contribution is -0.122. The second-order valence-electron chi connectivity index (χ2n) is 7.05. The number of rotatable bonds is 5. The molecule has 2 aromatic rings. The molecule has 1 aromatic carbocycles. The fourth-order valence-electron chi connectivity index (χ4n) is 3.69. The summed E-state index contributed by atoms with van der Waals surface area (Å²) in [7, 11) is 0. The molecule has 1 heterocycles. The van der Waals surface area contributed by atoms with Crippen molar-refractivity contribution in [2.75, 3.05) is 0 Å². The summed E-state index contributed by atoms with van der Waals surface area (Å²) in [4.78, 5) is 12.6. The summed E-state index contributed by atoms with van der Waals surface area (Å²) in [6.07, 6.45) is 7.06. The molecule has 0 spiro atoms. The van der Waals surface area contributed by atoms with Crippen LogP contribution in [-0.4, -0.2) is 16.1 Å². The van der Waals surface area contributed by atoms with Crippen molar-refractivity contribution in [1.29, 1.82) is 0 Å². The number of benzene rings is 1. The van der Waals surface area contributed by atoms with E-state index >= 15 is 0 Å². The van der Waals surface area contributed by atoms with Crippen LogP contribution in [0.1, 0.15) is 49.8 Å². The lowest BCUT2D eigenvalue weighted by Gasteiger charge is -2.36. The Hall–Kier alpha value is -1.72. The quantitative estimate of drug-likeness (QED) is 0.732. The number of carbonyl (C=O) groups excluding carboxylic acids is 1. The van der Waals surface area contributed by atoms with Crippen molar-refractivity contribution in [3.63, 3.8) is 0 Å². The summed E-state index contributed by atoms with van der Waals surface area (Å²) in [5.74, 6) is -0.671. The second-order valence-corrected chi connectivity index (χ2v) is 7.83. The van der Waals surface area contributed by atoms with E-state index in [9.17, 15) is 9.18 Å². The van der Waals surface area contributed by atoms with Crippen molar-refractivity contribution >= 4 is 29.1 Å². The molecular weight excluding hydrogens is 376 g/mol. The maximum Gasteiger partial charge on any atom is 0.224 e. The zero-order valence-electron chi connectivity index (χ0n) is 14.4. The Kier molecular flexibility index (Phi) is 5.78. The normalized spacial score (nSPS) is 17.1. The Labute approximate surface area is 162 Å². The molecule has 4 nitrogen and oxygen atoms in total. The van der Waals surface area contributed by atoms with E-state index in [2.05, 4.69) is 22.4 Å². The van der Waals surface area contributed by atoms with Gasteiger partial charge in [0.05, 0.1) is 28.7 Å². The van der Waals surface area contributed by atoms with Crippen LogP contribution in [0.2, 0.25) is 10.0 Å². The molecule has 0 aliphatic heterocycles. The van der Waals surface area contributed by atoms with Gasteiger partial charge in [-0.25, -0.2) is 4.39 Å². The second kappa shape index (κ2) is 7.89. The van der Waals surface area contributed by atoms with Gasteiger partial charge in [-0.15, -0.1) is 0 Å². The minimum Gasteiger partial charge on any atom is -0.348 e. The summed E-state index contributed by atoms with van der Waals surface area (Å²) in [5.41, 5.74) is 0.733. The van der Waals surface area contributed by atoms with Crippen molar-refractivity contribution < 1.29 is 9.18 Å². The number of halogens is 3. The van der Waals surface area contributed by atoms with Crippen molar-refractivity contribution in [3.8, 4) is 0 Å². The molecule has 1 amide bonds. The van der Waals surface area contributed by atoms with Gasteiger partial charge in [-0.2, -0.15) is 10.2 Å². The standard InChI is InChI=1S/C19H20Cl2FN3O/c1-19(7-2-3-8-19)18(16-14(22)5-4-13(20)17(16)21)25-15(26)10-12-6-9-23-24-11-12/h4-6,9,11,18H,2-3,7-8,10H2,1H3,(H,25,26)/t18-/m1/s1. The Morgan fingerprint density at radius 2 is 2.00 bits per heavy atom. The molecule has 7 heteroatoms. The average Bonchev–Trinajstić information content (AvgIpc) is 3.06. The molecule has 1 aliphatic carbocycles. The predicted molar refractivity (Wildman–Crippen MR) is 99.6 cm³/mol. The van der Waals surface area contributed by atoms with Crippen molar-refractivity contribution in [2.24, 2.45) is 5.41 Å². The highest BCUT2D eigenvalue weighted by atomic mass is 35.5. The SMILES string of the molecule is CC1([C@H](NC(=O)Cc2ccnnc2)c2c(F)ccc(Cl)c2Cl)CCCC1. The maximum absolute atomic E-state index is 14.7. The van der Waals surface area contributed by atoms with E-state index in [4.69, 9.17) is 23.2 Å². The minimum absolute atomic E-state index is 0.141. The average molecular weight is 396 g/mol. The molecule has 1 saturated carbocycles.